The molecular weight excluding hydrogens is 394 g/mol. The van der Waals surface area contributed by atoms with Gasteiger partial charge in [0.05, 0.1) is 5.69 Å². The molecule has 0 saturated carbocycles. The zero-order valence-corrected chi connectivity index (χ0v) is 15.4. The molecule has 0 fully saturated rings. The van der Waals surface area contributed by atoms with Gasteiger partial charge in [-0.3, -0.25) is 4.79 Å². The Balaban J connectivity index is 1.63. The van der Waals surface area contributed by atoms with E-state index in [4.69, 9.17) is 9.47 Å². The summed E-state index contributed by atoms with van der Waals surface area (Å²) in [6.45, 7) is 0.417. The summed E-state index contributed by atoms with van der Waals surface area (Å²) in [6, 6.07) is 22.9. The zero-order chi connectivity index (χ0) is 17.9. The highest BCUT2D eigenvalue weighted by molar-refractivity contribution is 9.10. The first-order valence-corrected chi connectivity index (χ1v) is 9.03. The summed E-state index contributed by atoms with van der Waals surface area (Å²) in [7, 11) is 0. The highest BCUT2D eigenvalue weighted by Gasteiger charge is 2.31. The van der Waals surface area contributed by atoms with Crippen molar-refractivity contribution in [2.75, 3.05) is 5.32 Å². The average Bonchev–Trinajstić information content (AvgIpc) is 2.67. The molecule has 1 aliphatic heterocycles. The number of para-hydroxylation sites is 2. The van der Waals surface area contributed by atoms with Gasteiger partial charge in [-0.1, -0.05) is 58.4 Å². The van der Waals surface area contributed by atoms with E-state index >= 15 is 0 Å². The molecule has 130 valence electrons. The number of hydrogen-bond acceptors (Lipinski definition) is 3. The molecule has 1 amide bonds. The Labute approximate surface area is 159 Å². The third-order valence-electron chi connectivity index (χ3n) is 4.12. The highest BCUT2D eigenvalue weighted by atomic mass is 79.9. The number of nitrogens with one attached hydrogen (secondary N) is 1. The first-order valence-electron chi connectivity index (χ1n) is 8.23. The minimum absolute atomic E-state index is 0.216. The summed E-state index contributed by atoms with van der Waals surface area (Å²) >= 11 is 3.47. The summed E-state index contributed by atoms with van der Waals surface area (Å²) in [5, 5.41) is 2.89. The van der Waals surface area contributed by atoms with Gasteiger partial charge in [0, 0.05) is 10.0 Å². The van der Waals surface area contributed by atoms with Crippen LogP contribution in [0.3, 0.4) is 0 Å². The molecule has 0 aromatic heterocycles. The largest absolute Gasteiger partial charge is 0.488 e. The van der Waals surface area contributed by atoms with E-state index in [1.165, 1.54) is 0 Å². The molecule has 1 heterocycles. The first kappa shape index (κ1) is 16.7. The van der Waals surface area contributed by atoms with Crippen LogP contribution in [0.5, 0.6) is 11.5 Å². The predicted octanol–water partition coefficient (Wildman–Crippen LogP) is 5.10. The number of amides is 1. The quantitative estimate of drug-likeness (QED) is 0.651. The molecule has 0 radical (unpaired) electrons. The predicted molar refractivity (Wildman–Crippen MR) is 103 cm³/mol. The second kappa shape index (κ2) is 7.22. The molecule has 4 rings (SSSR count). The Hall–Kier alpha value is -2.79. The SMILES string of the molecule is O=C1Nc2ccccc2OC1c1cc(Br)ccc1OCc1ccccc1. The second-order valence-electron chi connectivity index (χ2n) is 5.94. The minimum atomic E-state index is -0.770. The van der Waals surface area contributed by atoms with Crippen molar-refractivity contribution in [3.8, 4) is 11.5 Å². The molecule has 26 heavy (non-hydrogen) atoms. The second-order valence-corrected chi connectivity index (χ2v) is 6.86. The van der Waals surface area contributed by atoms with E-state index in [1.54, 1.807) is 0 Å². The van der Waals surface area contributed by atoms with Gasteiger partial charge in [-0.2, -0.15) is 0 Å². The Kier molecular flexibility index (Phi) is 4.63. The third-order valence-corrected chi connectivity index (χ3v) is 4.61. The van der Waals surface area contributed by atoms with Crippen LogP contribution in [-0.4, -0.2) is 5.91 Å². The monoisotopic (exact) mass is 409 g/mol. The van der Waals surface area contributed by atoms with Crippen molar-refractivity contribution in [3.05, 3.63) is 88.4 Å². The zero-order valence-electron chi connectivity index (χ0n) is 13.8. The summed E-state index contributed by atoms with van der Waals surface area (Å²) in [4.78, 5) is 12.6. The number of benzene rings is 3. The Morgan fingerprint density at radius 1 is 1.00 bits per heavy atom. The molecule has 4 nitrogen and oxygen atoms in total. The van der Waals surface area contributed by atoms with Crippen molar-refractivity contribution in [2.24, 2.45) is 0 Å². The van der Waals surface area contributed by atoms with Gasteiger partial charge >= 0.3 is 0 Å². The maximum Gasteiger partial charge on any atom is 0.270 e. The van der Waals surface area contributed by atoms with E-state index in [1.807, 2.05) is 72.8 Å². The molecule has 1 atom stereocenters. The molecule has 0 saturated heterocycles. The van der Waals surface area contributed by atoms with Gasteiger partial charge in [0.1, 0.15) is 18.1 Å². The first-order chi connectivity index (χ1) is 12.7. The van der Waals surface area contributed by atoms with E-state index in [2.05, 4.69) is 21.2 Å². The minimum Gasteiger partial charge on any atom is -0.488 e. The van der Waals surface area contributed by atoms with Gasteiger partial charge < -0.3 is 14.8 Å². The number of anilines is 1. The fourth-order valence-electron chi connectivity index (χ4n) is 2.85. The lowest BCUT2D eigenvalue weighted by molar-refractivity contribution is -0.123. The van der Waals surface area contributed by atoms with Crippen molar-refractivity contribution in [1.82, 2.24) is 0 Å². The van der Waals surface area contributed by atoms with Crippen molar-refractivity contribution in [3.63, 3.8) is 0 Å². The summed E-state index contributed by atoms with van der Waals surface area (Å²) in [5.74, 6) is 1.05. The number of halogens is 1. The maximum atomic E-state index is 12.6. The Bertz CT molecular complexity index is 943. The summed E-state index contributed by atoms with van der Waals surface area (Å²) in [6.07, 6.45) is -0.770. The van der Waals surface area contributed by atoms with E-state index in [0.29, 0.717) is 29.4 Å². The van der Waals surface area contributed by atoms with Crippen LogP contribution in [0, 0.1) is 0 Å². The third kappa shape index (κ3) is 3.44. The van der Waals surface area contributed by atoms with Gasteiger partial charge in [0.2, 0.25) is 6.10 Å². The lowest BCUT2D eigenvalue weighted by atomic mass is 10.1. The van der Waals surface area contributed by atoms with E-state index < -0.39 is 6.10 Å². The lowest BCUT2D eigenvalue weighted by Crippen LogP contribution is -2.30. The van der Waals surface area contributed by atoms with Gasteiger partial charge in [-0.05, 0) is 35.9 Å². The lowest BCUT2D eigenvalue weighted by Gasteiger charge is -2.27. The van der Waals surface area contributed by atoms with E-state index in [0.717, 1.165) is 10.0 Å². The number of hydrogen-bond donors (Lipinski definition) is 1. The normalized spacial score (nSPS) is 15.6. The van der Waals surface area contributed by atoms with Gasteiger partial charge in [0.15, 0.2) is 0 Å². The molecule has 0 bridgehead atoms. The van der Waals surface area contributed by atoms with E-state index in [-0.39, 0.29) is 5.91 Å². The Morgan fingerprint density at radius 2 is 1.77 bits per heavy atom. The smallest absolute Gasteiger partial charge is 0.270 e. The van der Waals surface area contributed by atoms with Crippen LogP contribution in [-0.2, 0) is 11.4 Å². The van der Waals surface area contributed by atoms with E-state index in [9.17, 15) is 4.79 Å². The number of ether oxygens (including phenoxy) is 2. The molecule has 1 unspecified atom stereocenters. The van der Waals surface area contributed by atoms with Crippen LogP contribution >= 0.6 is 15.9 Å². The number of carbonyl (C=O) groups is 1. The Morgan fingerprint density at radius 3 is 2.62 bits per heavy atom. The topological polar surface area (TPSA) is 47.6 Å². The standard InChI is InChI=1S/C21H16BrNO3/c22-15-10-11-18(25-13-14-6-2-1-3-7-14)16(12-15)20-21(24)23-17-8-4-5-9-19(17)26-20/h1-12,20H,13H2,(H,23,24). The summed E-state index contributed by atoms with van der Waals surface area (Å²) < 4.78 is 12.8. The molecule has 3 aromatic carbocycles. The number of rotatable bonds is 4. The maximum absolute atomic E-state index is 12.6. The van der Waals surface area contributed by atoms with Crippen molar-refractivity contribution >= 4 is 27.5 Å². The molecule has 3 aromatic rings. The summed E-state index contributed by atoms with van der Waals surface area (Å²) in [5.41, 5.74) is 2.42. The molecule has 1 N–H and O–H groups in total. The van der Waals surface area contributed by atoms with Gasteiger partial charge in [-0.25, -0.2) is 0 Å². The molecule has 5 heteroatoms. The van der Waals surface area contributed by atoms with Gasteiger partial charge in [-0.15, -0.1) is 0 Å². The van der Waals surface area contributed by atoms with Crippen LogP contribution in [0.4, 0.5) is 5.69 Å². The fourth-order valence-corrected chi connectivity index (χ4v) is 3.23. The van der Waals surface area contributed by atoms with Gasteiger partial charge in [0.25, 0.3) is 5.91 Å². The molecule has 0 spiro atoms. The van der Waals surface area contributed by atoms with Crippen molar-refractivity contribution in [2.45, 2.75) is 12.7 Å². The molecule has 1 aliphatic rings. The molecular formula is C21H16BrNO3. The average molecular weight is 410 g/mol. The van der Waals surface area contributed by atoms with Crippen LogP contribution in [0.2, 0.25) is 0 Å². The highest BCUT2D eigenvalue weighted by Crippen LogP contribution is 2.38. The fraction of sp³-hybridized carbons (Fsp3) is 0.0952. The van der Waals surface area contributed by atoms with Crippen LogP contribution in [0.15, 0.2) is 77.3 Å². The number of carbonyl (C=O) groups excluding carboxylic acids is 1. The van der Waals surface area contributed by atoms with Crippen molar-refractivity contribution in [1.29, 1.82) is 0 Å². The van der Waals surface area contributed by atoms with Crippen LogP contribution in [0.25, 0.3) is 0 Å². The number of fused-ring (bicyclic) bond motifs is 1. The van der Waals surface area contributed by atoms with Crippen LogP contribution < -0.4 is 14.8 Å². The molecule has 0 aliphatic carbocycles. The van der Waals surface area contributed by atoms with Crippen molar-refractivity contribution < 1.29 is 14.3 Å². The van der Waals surface area contributed by atoms with Crippen LogP contribution in [0.1, 0.15) is 17.2 Å².